The van der Waals surface area contributed by atoms with E-state index >= 15 is 0 Å². The first-order chi connectivity index (χ1) is 9.08. The molecule has 0 bridgehead atoms. The molecule has 19 heavy (non-hydrogen) atoms. The van der Waals surface area contributed by atoms with Gasteiger partial charge in [0, 0.05) is 19.1 Å². The van der Waals surface area contributed by atoms with Gasteiger partial charge in [-0.15, -0.1) is 0 Å². The van der Waals surface area contributed by atoms with Gasteiger partial charge < -0.3 is 14.2 Å². The highest BCUT2D eigenvalue weighted by molar-refractivity contribution is 5.76. The summed E-state index contributed by atoms with van der Waals surface area (Å²) in [4.78, 5) is 17.9. The summed E-state index contributed by atoms with van der Waals surface area (Å²) < 4.78 is 10.3. The van der Waals surface area contributed by atoms with Gasteiger partial charge in [-0.05, 0) is 13.8 Å². The number of nitrogens with zero attached hydrogens (tertiary/aromatic N) is 3. The van der Waals surface area contributed by atoms with Crippen molar-refractivity contribution in [1.29, 1.82) is 0 Å². The van der Waals surface area contributed by atoms with Crippen LogP contribution in [0.25, 0.3) is 0 Å². The van der Waals surface area contributed by atoms with E-state index in [1.54, 1.807) is 4.90 Å². The second kappa shape index (κ2) is 7.89. The number of amides is 1. The number of carbonyl (C=O) groups excluding carboxylic acids is 1. The molecule has 1 aromatic rings. The molecule has 0 atom stereocenters. The third kappa shape index (κ3) is 4.98. The van der Waals surface area contributed by atoms with E-state index in [2.05, 4.69) is 10.1 Å². The van der Waals surface area contributed by atoms with Crippen molar-refractivity contribution >= 4 is 5.91 Å². The van der Waals surface area contributed by atoms with Crippen molar-refractivity contribution in [3.05, 3.63) is 11.7 Å². The van der Waals surface area contributed by atoms with Crippen LogP contribution in [-0.4, -0.2) is 40.7 Å². The Morgan fingerprint density at radius 2 is 2.16 bits per heavy atom. The highest BCUT2D eigenvalue weighted by Crippen LogP contribution is 2.11. The van der Waals surface area contributed by atoms with Crippen LogP contribution in [0, 0.1) is 0 Å². The van der Waals surface area contributed by atoms with Gasteiger partial charge >= 0.3 is 0 Å². The van der Waals surface area contributed by atoms with Crippen LogP contribution in [0.1, 0.15) is 51.7 Å². The lowest BCUT2D eigenvalue weighted by atomic mass is 10.2. The van der Waals surface area contributed by atoms with Gasteiger partial charge in [-0.2, -0.15) is 4.98 Å². The maximum atomic E-state index is 12.0. The first-order valence-corrected chi connectivity index (χ1v) is 6.76. The van der Waals surface area contributed by atoms with E-state index < -0.39 is 0 Å². The highest BCUT2D eigenvalue weighted by Gasteiger charge is 2.16. The fourth-order valence-electron chi connectivity index (χ4n) is 1.57. The third-order valence-electron chi connectivity index (χ3n) is 2.73. The Hall–Kier alpha value is -1.43. The van der Waals surface area contributed by atoms with E-state index in [4.69, 9.17) is 9.26 Å². The number of hydrogen-bond acceptors (Lipinski definition) is 5. The average Bonchev–Trinajstić information content (AvgIpc) is 2.84. The number of aromatic nitrogens is 2. The zero-order chi connectivity index (χ0) is 14.3. The molecule has 0 saturated heterocycles. The van der Waals surface area contributed by atoms with Crippen LogP contribution in [0.3, 0.4) is 0 Å². The minimum Gasteiger partial charge on any atom is -0.381 e. The van der Waals surface area contributed by atoms with Crippen LogP contribution in [0.15, 0.2) is 4.52 Å². The maximum absolute atomic E-state index is 12.0. The normalized spacial score (nSPS) is 11.0. The lowest BCUT2D eigenvalue weighted by molar-refractivity contribution is -0.133. The van der Waals surface area contributed by atoms with Crippen LogP contribution in [-0.2, 0) is 16.1 Å². The Bertz CT molecular complexity index is 390. The predicted molar refractivity (Wildman–Crippen MR) is 70.6 cm³/mol. The molecular weight excluding hydrogens is 246 g/mol. The Balaban J connectivity index is 2.52. The molecule has 6 heteroatoms. The quantitative estimate of drug-likeness (QED) is 0.675. The molecular formula is C13H23N3O3. The van der Waals surface area contributed by atoms with Gasteiger partial charge in [-0.25, -0.2) is 0 Å². The van der Waals surface area contributed by atoms with E-state index in [0.29, 0.717) is 44.4 Å². The second-order valence-corrected chi connectivity index (χ2v) is 4.56. The average molecular weight is 269 g/mol. The number of carbonyl (C=O) groups is 1. The molecule has 0 aliphatic heterocycles. The van der Waals surface area contributed by atoms with Crippen molar-refractivity contribution in [3.8, 4) is 0 Å². The molecule has 0 fully saturated rings. The molecule has 1 aromatic heterocycles. The number of ether oxygens (including phenoxy) is 1. The van der Waals surface area contributed by atoms with E-state index in [9.17, 15) is 4.79 Å². The summed E-state index contributed by atoms with van der Waals surface area (Å²) in [6.07, 6.45) is 0.382. The van der Waals surface area contributed by atoms with Gasteiger partial charge in [0.25, 0.3) is 0 Å². The zero-order valence-corrected chi connectivity index (χ0v) is 12.2. The van der Waals surface area contributed by atoms with E-state index in [1.165, 1.54) is 0 Å². The summed E-state index contributed by atoms with van der Waals surface area (Å²) in [5.74, 6) is 1.42. The summed E-state index contributed by atoms with van der Waals surface area (Å²) >= 11 is 0. The van der Waals surface area contributed by atoms with E-state index in [1.807, 2.05) is 27.7 Å². The Kier molecular flexibility index (Phi) is 6.49. The van der Waals surface area contributed by atoms with Crippen molar-refractivity contribution < 1.29 is 14.1 Å². The molecule has 1 amide bonds. The Morgan fingerprint density at radius 3 is 2.68 bits per heavy atom. The summed E-state index contributed by atoms with van der Waals surface area (Å²) in [6.45, 7) is 9.89. The van der Waals surface area contributed by atoms with Crippen molar-refractivity contribution in [2.45, 2.75) is 46.6 Å². The molecule has 0 N–H and O–H groups in total. The van der Waals surface area contributed by atoms with Crippen LogP contribution in [0.4, 0.5) is 0 Å². The van der Waals surface area contributed by atoms with Crippen LogP contribution >= 0.6 is 0 Å². The Morgan fingerprint density at radius 1 is 1.42 bits per heavy atom. The minimum absolute atomic E-state index is 0.0419. The second-order valence-electron chi connectivity index (χ2n) is 4.56. The highest BCUT2D eigenvalue weighted by atomic mass is 16.5. The topological polar surface area (TPSA) is 68.5 Å². The molecule has 1 heterocycles. The van der Waals surface area contributed by atoms with Crippen molar-refractivity contribution in [1.82, 2.24) is 15.0 Å². The van der Waals surface area contributed by atoms with Crippen molar-refractivity contribution in [2.75, 3.05) is 19.8 Å². The summed E-state index contributed by atoms with van der Waals surface area (Å²) in [7, 11) is 0. The number of rotatable bonds is 8. The predicted octanol–water partition coefficient (Wildman–Crippen LogP) is 1.97. The number of hydrogen-bond donors (Lipinski definition) is 0. The van der Waals surface area contributed by atoms with Gasteiger partial charge in [0.05, 0.1) is 19.6 Å². The van der Waals surface area contributed by atoms with Gasteiger partial charge in [0.15, 0.2) is 5.82 Å². The van der Waals surface area contributed by atoms with E-state index in [-0.39, 0.29) is 11.8 Å². The van der Waals surface area contributed by atoms with Gasteiger partial charge in [-0.1, -0.05) is 19.0 Å². The molecule has 0 aromatic carbocycles. The SMILES string of the molecule is CCOCCC(=O)N(CC)Cc1nc(C(C)C)no1. The molecule has 0 aliphatic carbocycles. The Labute approximate surface area is 114 Å². The molecule has 0 spiro atoms. The molecule has 6 nitrogen and oxygen atoms in total. The van der Waals surface area contributed by atoms with Gasteiger partial charge in [0.2, 0.25) is 11.8 Å². The summed E-state index contributed by atoms with van der Waals surface area (Å²) in [6, 6.07) is 0. The van der Waals surface area contributed by atoms with Crippen LogP contribution < -0.4 is 0 Å². The standard InChI is InChI=1S/C13H23N3O3/c1-5-16(12(17)7-8-18-6-2)9-11-14-13(10(3)4)15-19-11/h10H,5-9H2,1-4H3. The zero-order valence-electron chi connectivity index (χ0n) is 12.2. The summed E-state index contributed by atoms with van der Waals surface area (Å²) in [5, 5.41) is 3.89. The van der Waals surface area contributed by atoms with E-state index in [0.717, 1.165) is 0 Å². The third-order valence-corrected chi connectivity index (χ3v) is 2.73. The summed E-state index contributed by atoms with van der Waals surface area (Å²) in [5.41, 5.74) is 0. The van der Waals surface area contributed by atoms with Crippen LogP contribution in [0.5, 0.6) is 0 Å². The molecule has 0 saturated carbocycles. The molecule has 108 valence electrons. The van der Waals surface area contributed by atoms with Crippen LogP contribution in [0.2, 0.25) is 0 Å². The molecule has 1 rings (SSSR count). The molecule has 0 aliphatic rings. The monoisotopic (exact) mass is 269 g/mol. The fraction of sp³-hybridized carbons (Fsp3) is 0.769. The lowest BCUT2D eigenvalue weighted by Crippen LogP contribution is -2.31. The largest absolute Gasteiger partial charge is 0.381 e. The van der Waals surface area contributed by atoms with Gasteiger partial charge in [0.1, 0.15) is 0 Å². The van der Waals surface area contributed by atoms with Crippen molar-refractivity contribution in [2.24, 2.45) is 0 Å². The fourth-order valence-corrected chi connectivity index (χ4v) is 1.57. The van der Waals surface area contributed by atoms with Crippen molar-refractivity contribution in [3.63, 3.8) is 0 Å². The molecule has 0 radical (unpaired) electrons. The molecule has 0 unspecified atom stereocenters. The lowest BCUT2D eigenvalue weighted by Gasteiger charge is -2.18. The maximum Gasteiger partial charge on any atom is 0.246 e. The first-order valence-electron chi connectivity index (χ1n) is 6.76. The minimum atomic E-state index is 0.0419. The van der Waals surface area contributed by atoms with Gasteiger partial charge in [-0.3, -0.25) is 4.79 Å². The first kappa shape index (κ1) is 15.6. The smallest absolute Gasteiger partial charge is 0.246 e.